The average Bonchev–Trinajstić information content (AvgIpc) is 3.39. The van der Waals surface area contributed by atoms with Crippen molar-refractivity contribution in [1.82, 2.24) is 24.5 Å². The predicted octanol–water partition coefficient (Wildman–Crippen LogP) is 7.59. The molecule has 0 aliphatic heterocycles. The number of nitrogens with zero attached hydrogens (tertiary/aromatic N) is 5. The lowest BCUT2D eigenvalue weighted by Gasteiger charge is -2.22. The molecule has 37 heavy (non-hydrogen) atoms. The number of furan rings is 1. The molecular formula is C31H31N5O. The van der Waals surface area contributed by atoms with E-state index in [0.717, 1.165) is 61.6 Å². The molecule has 6 nitrogen and oxygen atoms in total. The maximum absolute atomic E-state index is 6.38. The van der Waals surface area contributed by atoms with Crippen LogP contribution in [0, 0.1) is 0 Å². The van der Waals surface area contributed by atoms with Crippen LogP contribution in [0.5, 0.6) is 0 Å². The molecule has 3 aromatic heterocycles. The number of aryl methyl sites for hydroxylation is 1. The highest BCUT2D eigenvalue weighted by molar-refractivity contribution is 6.06. The van der Waals surface area contributed by atoms with E-state index in [9.17, 15) is 0 Å². The molecule has 6 heteroatoms. The van der Waals surface area contributed by atoms with Gasteiger partial charge < -0.3 is 8.98 Å². The molecule has 186 valence electrons. The van der Waals surface area contributed by atoms with Gasteiger partial charge in [0.25, 0.3) is 0 Å². The van der Waals surface area contributed by atoms with E-state index in [4.69, 9.17) is 24.4 Å². The van der Waals surface area contributed by atoms with Crippen LogP contribution in [0.4, 0.5) is 0 Å². The Morgan fingerprint density at radius 2 is 1.22 bits per heavy atom. The monoisotopic (exact) mass is 489 g/mol. The standard InChI is InChI=1S/C31H31N5O/c1-30(2,3)28-33-26(34-29(35-28)31(4,5)6)18-12-14-20-21-15-13-19(17-25(21)37-24(20)16-18)27-32-22-10-8-9-11-23(22)36(27)7/h8-17H,1-7H3. The first-order chi connectivity index (χ1) is 17.5. The summed E-state index contributed by atoms with van der Waals surface area (Å²) in [5.74, 6) is 3.17. The van der Waals surface area contributed by atoms with E-state index in [-0.39, 0.29) is 10.8 Å². The summed E-state index contributed by atoms with van der Waals surface area (Å²) in [6.07, 6.45) is 0. The number of hydrogen-bond donors (Lipinski definition) is 0. The SMILES string of the molecule is Cn1c(-c2ccc3c(c2)oc2cc(-c4nc(C(C)(C)C)nc(C(C)(C)C)n4)ccc23)nc2ccccc21. The lowest BCUT2D eigenvalue weighted by Crippen LogP contribution is -2.24. The largest absolute Gasteiger partial charge is 0.456 e. The molecule has 0 aliphatic carbocycles. The average molecular weight is 490 g/mol. The summed E-state index contributed by atoms with van der Waals surface area (Å²) in [6.45, 7) is 12.8. The molecule has 0 saturated heterocycles. The molecule has 0 fully saturated rings. The maximum atomic E-state index is 6.38. The Labute approximate surface area is 216 Å². The Kier molecular flexibility index (Phi) is 5.03. The first-order valence-electron chi connectivity index (χ1n) is 12.6. The third-order valence-electron chi connectivity index (χ3n) is 6.75. The van der Waals surface area contributed by atoms with Crippen LogP contribution in [0.15, 0.2) is 65.1 Å². The second kappa shape index (κ2) is 7.97. The van der Waals surface area contributed by atoms with Crippen molar-refractivity contribution in [3.8, 4) is 22.8 Å². The first kappa shape index (κ1) is 23.3. The molecule has 6 aromatic rings. The summed E-state index contributed by atoms with van der Waals surface area (Å²) in [4.78, 5) is 19.4. The zero-order chi connectivity index (χ0) is 26.1. The number of aromatic nitrogens is 5. The van der Waals surface area contributed by atoms with E-state index >= 15 is 0 Å². The third kappa shape index (κ3) is 3.97. The van der Waals surface area contributed by atoms with E-state index in [1.54, 1.807) is 0 Å². The summed E-state index contributed by atoms with van der Waals surface area (Å²) < 4.78 is 8.50. The highest BCUT2D eigenvalue weighted by atomic mass is 16.3. The van der Waals surface area contributed by atoms with Crippen molar-refractivity contribution in [3.63, 3.8) is 0 Å². The van der Waals surface area contributed by atoms with Gasteiger partial charge in [-0.3, -0.25) is 0 Å². The van der Waals surface area contributed by atoms with Gasteiger partial charge in [-0.15, -0.1) is 0 Å². The Bertz CT molecular complexity index is 1780. The molecule has 0 unspecified atom stereocenters. The minimum absolute atomic E-state index is 0.187. The van der Waals surface area contributed by atoms with Gasteiger partial charge in [0.1, 0.15) is 28.6 Å². The number of imidazole rings is 1. The van der Waals surface area contributed by atoms with Gasteiger partial charge in [-0.05, 0) is 36.4 Å². The molecule has 6 rings (SSSR count). The van der Waals surface area contributed by atoms with Gasteiger partial charge in [0, 0.05) is 39.8 Å². The van der Waals surface area contributed by atoms with Crippen LogP contribution in [-0.4, -0.2) is 24.5 Å². The number of fused-ring (bicyclic) bond motifs is 4. The number of benzene rings is 3. The van der Waals surface area contributed by atoms with Gasteiger partial charge in [0.05, 0.1) is 11.0 Å². The number of para-hydroxylation sites is 2. The van der Waals surface area contributed by atoms with Gasteiger partial charge in [0.15, 0.2) is 5.82 Å². The van der Waals surface area contributed by atoms with Crippen molar-refractivity contribution in [2.75, 3.05) is 0 Å². The van der Waals surface area contributed by atoms with Crippen LogP contribution in [0.3, 0.4) is 0 Å². The predicted molar refractivity (Wildman–Crippen MR) is 150 cm³/mol. The lowest BCUT2D eigenvalue weighted by atomic mass is 9.93. The molecule has 0 saturated carbocycles. The van der Waals surface area contributed by atoms with Crippen LogP contribution in [-0.2, 0) is 17.9 Å². The van der Waals surface area contributed by atoms with Crippen molar-refractivity contribution >= 4 is 33.0 Å². The Morgan fingerprint density at radius 1 is 0.649 bits per heavy atom. The topological polar surface area (TPSA) is 69.6 Å². The first-order valence-corrected chi connectivity index (χ1v) is 12.6. The fraction of sp³-hybridized carbons (Fsp3) is 0.290. The molecule has 0 amide bonds. The maximum Gasteiger partial charge on any atom is 0.163 e. The van der Waals surface area contributed by atoms with Crippen LogP contribution in [0.2, 0.25) is 0 Å². The molecule has 0 N–H and O–H groups in total. The van der Waals surface area contributed by atoms with Gasteiger partial charge in [0.2, 0.25) is 0 Å². The van der Waals surface area contributed by atoms with Crippen molar-refractivity contribution < 1.29 is 4.42 Å². The molecule has 3 heterocycles. The molecule has 0 radical (unpaired) electrons. The molecular weight excluding hydrogens is 458 g/mol. The lowest BCUT2D eigenvalue weighted by molar-refractivity contribution is 0.497. The number of rotatable bonds is 2. The Balaban J connectivity index is 1.48. The smallest absolute Gasteiger partial charge is 0.163 e. The summed E-state index contributed by atoms with van der Waals surface area (Å²) in [6, 6.07) is 20.7. The summed E-state index contributed by atoms with van der Waals surface area (Å²) >= 11 is 0. The molecule has 3 aromatic carbocycles. The Morgan fingerprint density at radius 3 is 1.81 bits per heavy atom. The molecule has 0 spiro atoms. The van der Waals surface area contributed by atoms with Crippen molar-refractivity contribution in [1.29, 1.82) is 0 Å². The fourth-order valence-corrected chi connectivity index (χ4v) is 4.63. The van der Waals surface area contributed by atoms with Gasteiger partial charge in [-0.25, -0.2) is 19.9 Å². The number of hydrogen-bond acceptors (Lipinski definition) is 5. The van der Waals surface area contributed by atoms with E-state index in [2.05, 4.69) is 82.5 Å². The summed E-state index contributed by atoms with van der Waals surface area (Å²) in [5.41, 5.74) is 5.29. The zero-order valence-electron chi connectivity index (χ0n) is 22.4. The van der Waals surface area contributed by atoms with Crippen molar-refractivity contribution in [2.45, 2.75) is 52.4 Å². The van der Waals surface area contributed by atoms with E-state index < -0.39 is 0 Å². The minimum Gasteiger partial charge on any atom is -0.456 e. The van der Waals surface area contributed by atoms with E-state index in [1.807, 2.05) is 31.3 Å². The Hall–Kier alpha value is -4.06. The van der Waals surface area contributed by atoms with Crippen LogP contribution in [0.1, 0.15) is 53.2 Å². The zero-order valence-corrected chi connectivity index (χ0v) is 22.4. The van der Waals surface area contributed by atoms with Crippen LogP contribution in [0.25, 0.3) is 55.7 Å². The summed E-state index contributed by atoms with van der Waals surface area (Å²) in [5, 5.41) is 2.14. The van der Waals surface area contributed by atoms with Gasteiger partial charge in [-0.1, -0.05) is 65.8 Å². The molecule has 0 aliphatic rings. The highest BCUT2D eigenvalue weighted by Gasteiger charge is 2.25. The van der Waals surface area contributed by atoms with Crippen LogP contribution < -0.4 is 0 Å². The fourth-order valence-electron chi connectivity index (χ4n) is 4.63. The van der Waals surface area contributed by atoms with E-state index in [1.165, 1.54) is 0 Å². The van der Waals surface area contributed by atoms with E-state index in [0.29, 0.717) is 5.82 Å². The second-order valence-corrected chi connectivity index (χ2v) is 11.8. The van der Waals surface area contributed by atoms with Crippen LogP contribution >= 0.6 is 0 Å². The van der Waals surface area contributed by atoms with Crippen molar-refractivity contribution in [3.05, 3.63) is 72.3 Å². The molecule has 0 atom stereocenters. The van der Waals surface area contributed by atoms with Crippen molar-refractivity contribution in [2.24, 2.45) is 7.05 Å². The van der Waals surface area contributed by atoms with Gasteiger partial charge >= 0.3 is 0 Å². The highest BCUT2D eigenvalue weighted by Crippen LogP contribution is 2.35. The second-order valence-electron chi connectivity index (χ2n) is 11.8. The molecule has 0 bridgehead atoms. The minimum atomic E-state index is -0.187. The quantitative estimate of drug-likeness (QED) is 0.251. The third-order valence-corrected chi connectivity index (χ3v) is 6.75. The summed E-state index contributed by atoms with van der Waals surface area (Å²) in [7, 11) is 2.05. The van der Waals surface area contributed by atoms with Gasteiger partial charge in [-0.2, -0.15) is 0 Å². The normalized spacial score (nSPS) is 12.7.